The van der Waals surface area contributed by atoms with Crippen molar-refractivity contribution in [3.8, 4) is 22.3 Å². The second-order valence-corrected chi connectivity index (χ2v) is 12.1. The van der Waals surface area contributed by atoms with Gasteiger partial charge in [0, 0.05) is 38.6 Å². The smallest absolute Gasteiger partial charge is 0.0971 e. The maximum absolute atomic E-state index is 4.82. The Balaban J connectivity index is 1.29. The lowest BCUT2D eigenvalue weighted by Crippen LogP contribution is -2.14. The highest BCUT2D eigenvalue weighted by molar-refractivity contribution is 7.99. The lowest BCUT2D eigenvalue weighted by molar-refractivity contribution is 1.17. The number of anilines is 3. The average Bonchev–Trinajstić information content (AvgIpc) is 3.10. The van der Waals surface area contributed by atoms with E-state index in [0.717, 1.165) is 27.5 Å². The quantitative estimate of drug-likeness (QED) is 0.195. The molecule has 1 aromatic heterocycles. The number of fused-ring (bicyclic) bond motifs is 8. The van der Waals surface area contributed by atoms with Crippen LogP contribution < -0.4 is 4.90 Å². The monoisotopic (exact) mass is 579 g/mol. The Morgan fingerprint density at radius 2 is 0.955 bits per heavy atom. The van der Waals surface area contributed by atoms with Crippen LogP contribution in [0.4, 0.5) is 17.1 Å². The van der Waals surface area contributed by atoms with Crippen LogP contribution >= 0.6 is 11.8 Å². The molecule has 44 heavy (non-hydrogen) atoms. The molecule has 9 rings (SSSR count). The van der Waals surface area contributed by atoms with Crippen LogP contribution in [0, 0.1) is 0 Å². The lowest BCUT2D eigenvalue weighted by atomic mass is 9.94. The van der Waals surface area contributed by atoms with Gasteiger partial charge in [0.25, 0.3) is 0 Å². The summed E-state index contributed by atoms with van der Waals surface area (Å²) in [5, 5.41) is 4.55. The van der Waals surface area contributed by atoms with Crippen molar-refractivity contribution in [1.29, 1.82) is 0 Å². The molecule has 0 saturated carbocycles. The molecule has 2 heterocycles. The molecule has 0 fully saturated rings. The number of aromatic nitrogens is 2. The van der Waals surface area contributed by atoms with E-state index >= 15 is 0 Å². The fourth-order valence-electron chi connectivity index (χ4n) is 6.48. The van der Waals surface area contributed by atoms with Gasteiger partial charge in [-0.05, 0) is 81.6 Å². The lowest BCUT2D eigenvalue weighted by Gasteiger charge is -2.33. The molecule has 7 aromatic carbocycles. The van der Waals surface area contributed by atoms with Gasteiger partial charge in [-0.15, -0.1) is 0 Å². The van der Waals surface area contributed by atoms with Gasteiger partial charge in [-0.25, -0.2) is 0 Å². The molecule has 206 valence electrons. The fourth-order valence-corrected chi connectivity index (χ4v) is 7.54. The van der Waals surface area contributed by atoms with Crippen LogP contribution in [0.25, 0.3) is 54.8 Å². The van der Waals surface area contributed by atoms with E-state index in [-0.39, 0.29) is 0 Å². The minimum Gasteiger partial charge on any atom is -0.308 e. The van der Waals surface area contributed by atoms with E-state index in [9.17, 15) is 0 Å². The molecule has 0 unspecified atom stereocenters. The summed E-state index contributed by atoms with van der Waals surface area (Å²) in [5.74, 6) is 0. The number of hydrogen-bond donors (Lipinski definition) is 0. The Kier molecular flexibility index (Phi) is 5.75. The molecule has 0 amide bonds. The van der Waals surface area contributed by atoms with Crippen molar-refractivity contribution in [3.63, 3.8) is 0 Å². The number of hydrogen-bond acceptors (Lipinski definition) is 4. The first kappa shape index (κ1) is 25.1. The molecule has 8 aromatic rings. The molecule has 4 heteroatoms. The highest BCUT2D eigenvalue weighted by atomic mass is 32.2. The van der Waals surface area contributed by atoms with Crippen LogP contribution in [-0.2, 0) is 0 Å². The third-order valence-electron chi connectivity index (χ3n) is 8.51. The van der Waals surface area contributed by atoms with Gasteiger partial charge in [-0.3, -0.25) is 9.97 Å². The Labute approximate surface area is 259 Å². The third-order valence-corrected chi connectivity index (χ3v) is 9.65. The predicted molar refractivity (Wildman–Crippen MR) is 184 cm³/mol. The molecular formula is C40H25N3S. The first-order valence-corrected chi connectivity index (χ1v) is 15.6. The summed E-state index contributed by atoms with van der Waals surface area (Å²) >= 11 is 1.83. The summed E-state index contributed by atoms with van der Waals surface area (Å²) in [5.41, 5.74) is 10.2. The maximum Gasteiger partial charge on any atom is 0.0971 e. The van der Waals surface area contributed by atoms with Crippen LogP contribution in [0.2, 0.25) is 0 Å². The molecule has 0 bridgehead atoms. The van der Waals surface area contributed by atoms with Crippen molar-refractivity contribution in [2.75, 3.05) is 4.90 Å². The van der Waals surface area contributed by atoms with Crippen molar-refractivity contribution in [3.05, 3.63) is 152 Å². The van der Waals surface area contributed by atoms with Crippen LogP contribution in [-0.4, -0.2) is 9.97 Å². The van der Waals surface area contributed by atoms with Crippen LogP contribution in [0.3, 0.4) is 0 Å². The third kappa shape index (κ3) is 3.99. The molecule has 3 nitrogen and oxygen atoms in total. The van der Waals surface area contributed by atoms with Gasteiger partial charge in [-0.1, -0.05) is 103 Å². The van der Waals surface area contributed by atoms with E-state index in [1.54, 1.807) is 12.4 Å². The van der Waals surface area contributed by atoms with Gasteiger partial charge in [-0.2, -0.15) is 0 Å². The van der Waals surface area contributed by atoms with Gasteiger partial charge >= 0.3 is 0 Å². The van der Waals surface area contributed by atoms with E-state index in [2.05, 4.69) is 144 Å². The zero-order valence-electron chi connectivity index (χ0n) is 23.7. The summed E-state index contributed by atoms with van der Waals surface area (Å²) in [7, 11) is 0. The molecule has 0 saturated heterocycles. The molecular weight excluding hydrogens is 555 g/mol. The van der Waals surface area contributed by atoms with Crippen LogP contribution in [0.5, 0.6) is 0 Å². The molecule has 0 atom stereocenters. The molecule has 0 radical (unpaired) electrons. The zero-order chi connectivity index (χ0) is 29.0. The van der Waals surface area contributed by atoms with Crippen molar-refractivity contribution in [2.45, 2.75) is 9.79 Å². The first-order valence-electron chi connectivity index (χ1n) is 14.7. The highest BCUT2D eigenvalue weighted by Gasteiger charge is 2.25. The maximum atomic E-state index is 4.82. The van der Waals surface area contributed by atoms with Crippen molar-refractivity contribution in [1.82, 2.24) is 9.97 Å². The average molecular weight is 580 g/mol. The zero-order valence-corrected chi connectivity index (χ0v) is 24.5. The van der Waals surface area contributed by atoms with Crippen LogP contribution in [0.1, 0.15) is 0 Å². The van der Waals surface area contributed by atoms with E-state index in [4.69, 9.17) is 9.97 Å². The fraction of sp³-hybridized carbons (Fsp3) is 0. The van der Waals surface area contributed by atoms with Gasteiger partial charge in [0.2, 0.25) is 0 Å². The van der Waals surface area contributed by atoms with Gasteiger partial charge in [0.05, 0.1) is 22.4 Å². The number of para-hydroxylation sites is 2. The normalized spacial score (nSPS) is 12.4. The SMILES string of the molecule is c1ccc(-c2cccc(-c3ccc4c(c3)c3cc(N5c6ccccc6Sc6ccccc65)ccc3c3nccnc43)c2)cc1. The Bertz CT molecular complexity index is 2340. The second-order valence-electron chi connectivity index (χ2n) is 11.1. The first-order chi connectivity index (χ1) is 21.8. The summed E-state index contributed by atoms with van der Waals surface area (Å²) in [4.78, 5) is 14.5. The minimum atomic E-state index is 0.926. The van der Waals surface area contributed by atoms with Gasteiger partial charge in [0.15, 0.2) is 0 Å². The second kappa shape index (κ2) is 10.1. The van der Waals surface area contributed by atoms with Gasteiger partial charge in [0.1, 0.15) is 0 Å². The Morgan fingerprint density at radius 1 is 0.409 bits per heavy atom. The number of nitrogens with zero attached hydrogens (tertiary/aromatic N) is 3. The molecule has 0 spiro atoms. The molecule has 0 aliphatic carbocycles. The standard InChI is InChI=1S/C40H25N3S/c1-2-9-26(10-3-1)27-11-8-12-28(23-27)29-17-19-31-33(24-29)34-25-30(18-20-32(34)40-39(31)41-21-22-42-40)43-35-13-4-6-15-37(35)44-38-16-7-5-14-36(38)43/h1-25H. The molecule has 0 N–H and O–H groups in total. The largest absolute Gasteiger partial charge is 0.308 e. The van der Waals surface area contributed by atoms with Crippen molar-refractivity contribution >= 4 is 61.4 Å². The van der Waals surface area contributed by atoms with Crippen molar-refractivity contribution in [2.24, 2.45) is 0 Å². The minimum absolute atomic E-state index is 0.926. The van der Waals surface area contributed by atoms with E-state index in [1.807, 2.05) is 11.8 Å². The van der Waals surface area contributed by atoms with Crippen LogP contribution in [0.15, 0.2) is 162 Å². The molecule has 1 aliphatic rings. The Morgan fingerprint density at radius 3 is 1.66 bits per heavy atom. The topological polar surface area (TPSA) is 29.0 Å². The summed E-state index contributed by atoms with van der Waals surface area (Å²) in [6.45, 7) is 0. The predicted octanol–water partition coefficient (Wildman–Crippen LogP) is 11.2. The summed E-state index contributed by atoms with van der Waals surface area (Å²) < 4.78 is 0. The summed E-state index contributed by atoms with van der Waals surface area (Å²) in [6, 6.07) is 50.2. The number of rotatable bonds is 3. The van der Waals surface area contributed by atoms with Crippen molar-refractivity contribution < 1.29 is 0 Å². The summed E-state index contributed by atoms with van der Waals surface area (Å²) in [6.07, 6.45) is 3.58. The molecule has 1 aliphatic heterocycles. The van der Waals surface area contributed by atoms with E-state index in [1.165, 1.54) is 54.2 Å². The highest BCUT2D eigenvalue weighted by Crippen LogP contribution is 2.51. The van der Waals surface area contributed by atoms with Gasteiger partial charge < -0.3 is 4.90 Å². The number of benzene rings is 7. The van der Waals surface area contributed by atoms with E-state index in [0.29, 0.717) is 0 Å². The van der Waals surface area contributed by atoms with E-state index < -0.39 is 0 Å². The Hall–Kier alpha value is -5.45.